The second-order valence-electron chi connectivity index (χ2n) is 4.73. The van der Waals surface area contributed by atoms with Crippen molar-refractivity contribution in [3.8, 4) is 0 Å². The van der Waals surface area contributed by atoms with E-state index >= 15 is 0 Å². The Morgan fingerprint density at radius 1 is 1.38 bits per heavy atom. The molecule has 1 N–H and O–H groups in total. The van der Waals surface area contributed by atoms with Crippen LogP contribution in [-0.2, 0) is 0 Å². The standard InChI is InChI=1S/C13H21N3/c1-3-6-15-12-5-4-11(10(12)2)13-9-14-7-8-16-13/h7-12,15H,3-6H2,1-2H3. The fourth-order valence-corrected chi connectivity index (χ4v) is 2.70. The van der Waals surface area contributed by atoms with E-state index in [2.05, 4.69) is 29.1 Å². The molecule has 3 heteroatoms. The van der Waals surface area contributed by atoms with Gasteiger partial charge in [-0.15, -0.1) is 0 Å². The molecule has 0 aliphatic heterocycles. The molecule has 1 saturated carbocycles. The van der Waals surface area contributed by atoms with E-state index in [1.165, 1.54) is 19.3 Å². The molecule has 2 rings (SSSR count). The quantitative estimate of drug-likeness (QED) is 0.844. The summed E-state index contributed by atoms with van der Waals surface area (Å²) in [4.78, 5) is 8.60. The van der Waals surface area contributed by atoms with Gasteiger partial charge >= 0.3 is 0 Å². The largest absolute Gasteiger partial charge is 0.314 e. The van der Waals surface area contributed by atoms with Crippen LogP contribution in [0.2, 0.25) is 0 Å². The normalized spacial score (nSPS) is 29.5. The van der Waals surface area contributed by atoms with Crippen LogP contribution < -0.4 is 5.32 Å². The Morgan fingerprint density at radius 2 is 2.25 bits per heavy atom. The summed E-state index contributed by atoms with van der Waals surface area (Å²) in [6, 6.07) is 0.659. The van der Waals surface area contributed by atoms with Crippen LogP contribution in [-0.4, -0.2) is 22.6 Å². The molecule has 3 atom stereocenters. The Labute approximate surface area is 97.7 Å². The molecule has 3 unspecified atom stereocenters. The van der Waals surface area contributed by atoms with Gasteiger partial charge in [-0.25, -0.2) is 0 Å². The molecule has 0 saturated heterocycles. The maximum Gasteiger partial charge on any atom is 0.0620 e. The first-order valence-corrected chi connectivity index (χ1v) is 6.32. The minimum Gasteiger partial charge on any atom is -0.314 e. The Bertz CT molecular complexity index is 312. The summed E-state index contributed by atoms with van der Waals surface area (Å²) in [6.07, 6.45) is 9.18. The molecule has 1 aromatic heterocycles. The molecular weight excluding hydrogens is 198 g/mol. The Balaban J connectivity index is 1.99. The molecule has 1 aliphatic rings. The average molecular weight is 219 g/mol. The number of nitrogens with zero attached hydrogens (tertiary/aromatic N) is 2. The van der Waals surface area contributed by atoms with Gasteiger partial charge in [-0.3, -0.25) is 9.97 Å². The van der Waals surface area contributed by atoms with Gasteiger partial charge < -0.3 is 5.32 Å². The molecule has 0 spiro atoms. The van der Waals surface area contributed by atoms with Gasteiger partial charge in [-0.1, -0.05) is 13.8 Å². The first-order chi connectivity index (χ1) is 7.83. The predicted molar refractivity (Wildman–Crippen MR) is 65.3 cm³/mol. The van der Waals surface area contributed by atoms with Crippen LogP contribution in [0.1, 0.15) is 44.7 Å². The van der Waals surface area contributed by atoms with Gasteiger partial charge in [0.2, 0.25) is 0 Å². The van der Waals surface area contributed by atoms with Crippen molar-refractivity contribution < 1.29 is 0 Å². The topological polar surface area (TPSA) is 37.8 Å². The molecule has 16 heavy (non-hydrogen) atoms. The smallest absolute Gasteiger partial charge is 0.0620 e. The van der Waals surface area contributed by atoms with E-state index in [-0.39, 0.29) is 0 Å². The van der Waals surface area contributed by atoms with Crippen LogP contribution in [0.3, 0.4) is 0 Å². The molecule has 0 radical (unpaired) electrons. The molecule has 1 heterocycles. The van der Waals surface area contributed by atoms with Gasteiger partial charge in [-0.2, -0.15) is 0 Å². The molecule has 1 aromatic rings. The van der Waals surface area contributed by atoms with Crippen LogP contribution in [0.4, 0.5) is 0 Å². The molecule has 88 valence electrons. The fourth-order valence-electron chi connectivity index (χ4n) is 2.70. The zero-order valence-corrected chi connectivity index (χ0v) is 10.2. The molecule has 0 amide bonds. The first kappa shape index (κ1) is 11.5. The van der Waals surface area contributed by atoms with Crippen molar-refractivity contribution in [2.24, 2.45) is 5.92 Å². The monoisotopic (exact) mass is 219 g/mol. The highest BCUT2D eigenvalue weighted by Crippen LogP contribution is 2.38. The molecular formula is C13H21N3. The zero-order valence-electron chi connectivity index (χ0n) is 10.2. The van der Waals surface area contributed by atoms with Gasteiger partial charge in [0.25, 0.3) is 0 Å². The van der Waals surface area contributed by atoms with Crippen LogP contribution in [0.25, 0.3) is 0 Å². The van der Waals surface area contributed by atoms with E-state index in [9.17, 15) is 0 Å². The number of rotatable bonds is 4. The van der Waals surface area contributed by atoms with Crippen molar-refractivity contribution in [2.45, 2.75) is 45.1 Å². The molecule has 3 nitrogen and oxygen atoms in total. The van der Waals surface area contributed by atoms with Gasteiger partial charge in [0.1, 0.15) is 0 Å². The van der Waals surface area contributed by atoms with Gasteiger partial charge in [0.05, 0.1) is 5.69 Å². The average Bonchev–Trinajstić information content (AvgIpc) is 2.69. The number of nitrogens with one attached hydrogen (secondary N) is 1. The highest BCUT2D eigenvalue weighted by molar-refractivity contribution is 5.09. The maximum absolute atomic E-state index is 4.44. The molecule has 1 aliphatic carbocycles. The lowest BCUT2D eigenvalue weighted by atomic mass is 9.93. The Kier molecular flexibility index (Phi) is 3.88. The lowest BCUT2D eigenvalue weighted by molar-refractivity contribution is 0.401. The minimum atomic E-state index is 0.586. The van der Waals surface area contributed by atoms with E-state index in [4.69, 9.17) is 0 Å². The molecule has 0 aromatic carbocycles. The van der Waals surface area contributed by atoms with E-state index in [1.54, 1.807) is 12.4 Å². The van der Waals surface area contributed by atoms with E-state index < -0.39 is 0 Å². The first-order valence-electron chi connectivity index (χ1n) is 6.32. The summed E-state index contributed by atoms with van der Waals surface area (Å²) in [5.41, 5.74) is 1.16. The molecule has 1 fully saturated rings. The van der Waals surface area contributed by atoms with E-state index in [0.29, 0.717) is 17.9 Å². The highest BCUT2D eigenvalue weighted by atomic mass is 14.9. The van der Waals surface area contributed by atoms with Crippen molar-refractivity contribution in [1.82, 2.24) is 15.3 Å². The van der Waals surface area contributed by atoms with Gasteiger partial charge in [0, 0.05) is 30.6 Å². The summed E-state index contributed by atoms with van der Waals surface area (Å²) in [5.74, 6) is 1.26. The summed E-state index contributed by atoms with van der Waals surface area (Å²) in [6.45, 7) is 5.68. The number of hydrogen-bond donors (Lipinski definition) is 1. The lowest BCUT2D eigenvalue weighted by Crippen LogP contribution is -2.32. The van der Waals surface area contributed by atoms with Crippen LogP contribution in [0, 0.1) is 5.92 Å². The second kappa shape index (κ2) is 5.39. The van der Waals surface area contributed by atoms with Gasteiger partial charge in [-0.05, 0) is 31.7 Å². The van der Waals surface area contributed by atoms with Crippen LogP contribution in [0.5, 0.6) is 0 Å². The minimum absolute atomic E-state index is 0.586. The Morgan fingerprint density at radius 3 is 2.94 bits per heavy atom. The summed E-state index contributed by atoms with van der Waals surface area (Å²) in [5, 5.41) is 3.63. The third-order valence-corrected chi connectivity index (χ3v) is 3.68. The fraction of sp³-hybridized carbons (Fsp3) is 0.692. The van der Waals surface area contributed by atoms with Gasteiger partial charge in [0.15, 0.2) is 0 Å². The second-order valence-corrected chi connectivity index (χ2v) is 4.73. The third kappa shape index (κ3) is 2.40. The third-order valence-electron chi connectivity index (χ3n) is 3.68. The number of aromatic nitrogens is 2. The predicted octanol–water partition coefficient (Wildman–Crippen LogP) is 2.36. The van der Waals surface area contributed by atoms with E-state index in [0.717, 1.165) is 12.2 Å². The van der Waals surface area contributed by atoms with E-state index in [1.807, 2.05) is 6.20 Å². The molecule has 0 bridgehead atoms. The summed E-state index contributed by atoms with van der Waals surface area (Å²) >= 11 is 0. The van der Waals surface area contributed by atoms with Crippen LogP contribution in [0.15, 0.2) is 18.6 Å². The van der Waals surface area contributed by atoms with Crippen molar-refractivity contribution in [1.29, 1.82) is 0 Å². The number of hydrogen-bond acceptors (Lipinski definition) is 3. The van der Waals surface area contributed by atoms with Crippen molar-refractivity contribution in [3.63, 3.8) is 0 Å². The summed E-state index contributed by atoms with van der Waals surface area (Å²) < 4.78 is 0. The van der Waals surface area contributed by atoms with Crippen molar-refractivity contribution in [3.05, 3.63) is 24.3 Å². The van der Waals surface area contributed by atoms with Crippen molar-refractivity contribution >= 4 is 0 Å². The van der Waals surface area contributed by atoms with Crippen molar-refractivity contribution in [2.75, 3.05) is 6.54 Å². The zero-order chi connectivity index (χ0) is 11.4. The SMILES string of the molecule is CCCNC1CCC(c2cnccn2)C1C. The highest BCUT2D eigenvalue weighted by Gasteiger charge is 2.33. The van der Waals surface area contributed by atoms with Crippen LogP contribution >= 0.6 is 0 Å². The Hall–Kier alpha value is -0.960. The summed E-state index contributed by atoms with van der Waals surface area (Å²) in [7, 11) is 0. The maximum atomic E-state index is 4.44. The lowest BCUT2D eigenvalue weighted by Gasteiger charge is -2.21.